The molecule has 1 aliphatic heterocycles. The summed E-state index contributed by atoms with van der Waals surface area (Å²) in [5.74, 6) is 1.51. The molecule has 2 unspecified atom stereocenters. The molecule has 1 aliphatic rings. The van der Waals surface area contributed by atoms with Crippen LogP contribution in [0.25, 0.3) is 0 Å². The fourth-order valence-corrected chi connectivity index (χ4v) is 3.21. The van der Waals surface area contributed by atoms with Crippen molar-refractivity contribution in [2.75, 3.05) is 33.4 Å². The van der Waals surface area contributed by atoms with E-state index in [2.05, 4.69) is 12.1 Å². The monoisotopic (exact) mass is 348 g/mol. The number of amides is 1. The molecule has 1 fully saturated rings. The van der Waals surface area contributed by atoms with Crippen LogP contribution in [0.4, 0.5) is 0 Å². The van der Waals surface area contributed by atoms with Gasteiger partial charge in [0.25, 0.3) is 0 Å². The van der Waals surface area contributed by atoms with E-state index < -0.39 is 0 Å². The molecular formula is C20H32N2O3. The van der Waals surface area contributed by atoms with Crippen LogP contribution in [0.1, 0.15) is 38.2 Å². The first kappa shape index (κ1) is 19.7. The number of likely N-dealkylation sites (tertiary alicyclic amines) is 1. The number of nitrogens with two attached hydrogens (primary N) is 1. The van der Waals surface area contributed by atoms with Crippen molar-refractivity contribution in [3.8, 4) is 5.75 Å². The largest absolute Gasteiger partial charge is 0.494 e. The van der Waals surface area contributed by atoms with Crippen molar-refractivity contribution in [2.45, 2.75) is 45.1 Å². The molecule has 1 heterocycles. The Morgan fingerprint density at radius 1 is 1.32 bits per heavy atom. The van der Waals surface area contributed by atoms with Crippen molar-refractivity contribution >= 4 is 5.91 Å². The van der Waals surface area contributed by atoms with Crippen LogP contribution in [0, 0.1) is 5.92 Å². The topological polar surface area (TPSA) is 64.8 Å². The molecule has 2 rings (SSSR count). The maximum Gasteiger partial charge on any atom is 0.222 e. The predicted molar refractivity (Wildman–Crippen MR) is 99.7 cm³/mol. The average Bonchev–Trinajstić information content (AvgIpc) is 2.64. The summed E-state index contributed by atoms with van der Waals surface area (Å²) in [7, 11) is 1.71. The highest BCUT2D eigenvalue weighted by atomic mass is 16.5. The normalized spacial score (nSPS) is 18.8. The van der Waals surface area contributed by atoms with Gasteiger partial charge in [0.2, 0.25) is 5.91 Å². The van der Waals surface area contributed by atoms with Crippen LogP contribution in [0.2, 0.25) is 0 Å². The third-order valence-corrected chi connectivity index (χ3v) is 4.88. The fourth-order valence-electron chi connectivity index (χ4n) is 3.21. The quantitative estimate of drug-likeness (QED) is 0.697. The molecule has 1 amide bonds. The number of benzene rings is 1. The smallest absolute Gasteiger partial charge is 0.222 e. The van der Waals surface area contributed by atoms with Gasteiger partial charge in [0.15, 0.2) is 0 Å². The zero-order valence-corrected chi connectivity index (χ0v) is 15.6. The number of nitrogens with zero attached hydrogens (tertiary/aromatic N) is 1. The minimum atomic E-state index is 0.158. The Bertz CT molecular complexity index is 516. The fraction of sp³-hybridized carbons (Fsp3) is 0.650. The first-order chi connectivity index (χ1) is 12.1. The summed E-state index contributed by atoms with van der Waals surface area (Å²) in [6, 6.07) is 8.23. The summed E-state index contributed by atoms with van der Waals surface area (Å²) in [5, 5.41) is 0. The summed E-state index contributed by atoms with van der Waals surface area (Å²) in [4.78, 5) is 14.3. The van der Waals surface area contributed by atoms with E-state index in [9.17, 15) is 4.79 Å². The Balaban J connectivity index is 1.66. The molecular weight excluding hydrogens is 316 g/mol. The third-order valence-electron chi connectivity index (χ3n) is 4.88. The maximum absolute atomic E-state index is 12.3. The highest BCUT2D eigenvalue weighted by Crippen LogP contribution is 2.20. The van der Waals surface area contributed by atoms with Crippen molar-refractivity contribution in [3.63, 3.8) is 0 Å². The number of piperidine rings is 1. The molecule has 5 heteroatoms. The Hall–Kier alpha value is -1.59. The predicted octanol–water partition coefficient (Wildman–Crippen LogP) is 2.62. The van der Waals surface area contributed by atoms with E-state index in [0.717, 1.165) is 51.1 Å². The van der Waals surface area contributed by atoms with Gasteiger partial charge >= 0.3 is 0 Å². The first-order valence-electron chi connectivity index (χ1n) is 9.34. The van der Waals surface area contributed by atoms with Crippen molar-refractivity contribution in [1.82, 2.24) is 4.90 Å². The van der Waals surface area contributed by atoms with Gasteiger partial charge in [-0.3, -0.25) is 4.79 Å². The van der Waals surface area contributed by atoms with E-state index in [1.54, 1.807) is 7.11 Å². The van der Waals surface area contributed by atoms with Crippen LogP contribution < -0.4 is 10.5 Å². The van der Waals surface area contributed by atoms with E-state index >= 15 is 0 Å². The number of methoxy groups -OCH3 is 1. The van der Waals surface area contributed by atoms with Crippen molar-refractivity contribution in [3.05, 3.63) is 29.8 Å². The third kappa shape index (κ3) is 6.67. The van der Waals surface area contributed by atoms with Crippen LogP contribution in [-0.4, -0.2) is 50.3 Å². The number of rotatable bonds is 9. The lowest BCUT2D eigenvalue weighted by Gasteiger charge is -2.34. The Morgan fingerprint density at radius 3 is 2.76 bits per heavy atom. The molecule has 0 aromatic heterocycles. The van der Waals surface area contributed by atoms with E-state index in [1.165, 1.54) is 5.56 Å². The molecule has 1 aromatic rings. The molecule has 1 aromatic carbocycles. The molecule has 140 valence electrons. The van der Waals surface area contributed by atoms with Crippen LogP contribution in [-0.2, 0) is 16.0 Å². The Kier molecular flexibility index (Phi) is 8.22. The second-order valence-electron chi connectivity index (χ2n) is 6.94. The average molecular weight is 348 g/mol. The van der Waals surface area contributed by atoms with Crippen LogP contribution in [0.15, 0.2) is 24.3 Å². The number of ether oxygens (including phenoxy) is 2. The van der Waals surface area contributed by atoms with Crippen molar-refractivity contribution in [1.29, 1.82) is 0 Å². The SMILES string of the molecule is COCCc1ccc(OCCCC(=O)N2CCCC(C(C)N)C2)cc1. The molecule has 0 spiro atoms. The summed E-state index contributed by atoms with van der Waals surface area (Å²) < 4.78 is 10.8. The second-order valence-corrected chi connectivity index (χ2v) is 6.94. The highest BCUT2D eigenvalue weighted by Gasteiger charge is 2.25. The number of hydrogen-bond acceptors (Lipinski definition) is 4. The molecule has 25 heavy (non-hydrogen) atoms. The lowest BCUT2D eigenvalue weighted by molar-refractivity contribution is -0.133. The van der Waals surface area contributed by atoms with Crippen molar-refractivity contribution < 1.29 is 14.3 Å². The molecule has 0 bridgehead atoms. The molecule has 0 aliphatic carbocycles. The van der Waals surface area contributed by atoms with E-state index in [4.69, 9.17) is 15.2 Å². The summed E-state index contributed by atoms with van der Waals surface area (Å²) in [6.45, 7) is 5.00. The van der Waals surface area contributed by atoms with Gasteiger partial charge in [-0.1, -0.05) is 12.1 Å². The lowest BCUT2D eigenvalue weighted by Crippen LogP contribution is -2.45. The first-order valence-corrected chi connectivity index (χ1v) is 9.34. The highest BCUT2D eigenvalue weighted by molar-refractivity contribution is 5.76. The van der Waals surface area contributed by atoms with Gasteiger partial charge in [-0.15, -0.1) is 0 Å². The zero-order valence-electron chi connectivity index (χ0n) is 15.6. The molecule has 1 saturated heterocycles. The number of carbonyl (C=O) groups is 1. The maximum atomic E-state index is 12.3. The zero-order chi connectivity index (χ0) is 18.1. The van der Waals surface area contributed by atoms with E-state index in [1.807, 2.05) is 24.0 Å². The Morgan fingerprint density at radius 2 is 2.08 bits per heavy atom. The van der Waals surface area contributed by atoms with Gasteiger partial charge in [0.1, 0.15) is 5.75 Å². The van der Waals surface area contributed by atoms with Crippen molar-refractivity contribution in [2.24, 2.45) is 11.7 Å². The van der Waals surface area contributed by atoms with Crippen LogP contribution in [0.5, 0.6) is 5.75 Å². The second kappa shape index (κ2) is 10.4. The van der Waals surface area contributed by atoms with Gasteiger partial charge < -0.3 is 20.1 Å². The van der Waals surface area contributed by atoms with Gasteiger partial charge in [-0.25, -0.2) is 0 Å². The van der Waals surface area contributed by atoms with E-state index in [0.29, 0.717) is 18.9 Å². The van der Waals surface area contributed by atoms with Gasteiger partial charge in [-0.2, -0.15) is 0 Å². The minimum absolute atomic E-state index is 0.158. The molecule has 2 N–H and O–H groups in total. The number of hydrogen-bond donors (Lipinski definition) is 1. The summed E-state index contributed by atoms with van der Waals surface area (Å²) in [6.07, 6.45) is 4.37. The Labute approximate surface area is 151 Å². The number of carbonyl (C=O) groups excluding carboxylic acids is 1. The summed E-state index contributed by atoms with van der Waals surface area (Å²) in [5.41, 5.74) is 7.22. The minimum Gasteiger partial charge on any atom is -0.494 e. The summed E-state index contributed by atoms with van der Waals surface area (Å²) >= 11 is 0. The standard InChI is InChI=1S/C20H32N2O3/c1-16(21)18-5-3-12-22(15-18)20(23)6-4-13-25-19-9-7-17(8-10-19)11-14-24-2/h7-10,16,18H,3-6,11-15,21H2,1-2H3. The van der Waals surface area contributed by atoms with Gasteiger partial charge in [0, 0.05) is 32.7 Å². The van der Waals surface area contributed by atoms with Gasteiger partial charge in [0.05, 0.1) is 13.2 Å². The molecule has 0 radical (unpaired) electrons. The van der Waals surface area contributed by atoms with Crippen LogP contribution >= 0.6 is 0 Å². The van der Waals surface area contributed by atoms with Crippen LogP contribution in [0.3, 0.4) is 0 Å². The lowest BCUT2D eigenvalue weighted by atomic mass is 9.92. The molecule has 2 atom stereocenters. The van der Waals surface area contributed by atoms with E-state index in [-0.39, 0.29) is 11.9 Å². The molecule has 0 saturated carbocycles. The molecule has 5 nitrogen and oxygen atoms in total. The van der Waals surface area contributed by atoms with Gasteiger partial charge in [-0.05, 0) is 56.2 Å².